The third-order valence-corrected chi connectivity index (χ3v) is 4.76. The minimum atomic E-state index is -3.06. The van der Waals surface area contributed by atoms with E-state index in [1.807, 2.05) is 0 Å². The van der Waals surface area contributed by atoms with Crippen LogP contribution in [0, 0.1) is 5.82 Å². The Hall–Kier alpha value is -4.01. The summed E-state index contributed by atoms with van der Waals surface area (Å²) in [6.07, 6.45) is 0. The molecule has 0 aliphatic heterocycles. The van der Waals surface area contributed by atoms with Gasteiger partial charge in [0.1, 0.15) is 5.82 Å². The van der Waals surface area contributed by atoms with Crippen molar-refractivity contribution in [2.75, 3.05) is 12.4 Å². The van der Waals surface area contributed by atoms with Crippen molar-refractivity contribution in [1.29, 1.82) is 0 Å². The molecule has 2 N–H and O–H groups in total. The highest BCUT2D eigenvalue weighted by atomic mass is 19.3. The van der Waals surface area contributed by atoms with Crippen LogP contribution in [0.15, 0.2) is 66.7 Å². The summed E-state index contributed by atoms with van der Waals surface area (Å²) in [4.78, 5) is 24.8. The van der Waals surface area contributed by atoms with Crippen LogP contribution in [0.3, 0.4) is 0 Å². The van der Waals surface area contributed by atoms with Gasteiger partial charge in [-0.1, -0.05) is 12.1 Å². The molecule has 2 amide bonds. The third-order valence-electron chi connectivity index (χ3n) is 4.76. The summed E-state index contributed by atoms with van der Waals surface area (Å²) in [6, 6.07) is 15.5. The molecule has 0 saturated carbocycles. The summed E-state index contributed by atoms with van der Waals surface area (Å²) in [6.45, 7) is -1.30. The number of hydrogen-bond acceptors (Lipinski definition) is 4. The summed E-state index contributed by atoms with van der Waals surface area (Å²) in [7, 11) is 1.31. The molecular weight excluding hydrogens is 437 g/mol. The minimum absolute atomic E-state index is 0.0816. The van der Waals surface area contributed by atoms with E-state index >= 15 is 0 Å². The summed E-state index contributed by atoms with van der Waals surface area (Å²) in [5, 5.41) is 5.48. The predicted octanol–water partition coefficient (Wildman–Crippen LogP) is 5.18. The Kier molecular flexibility index (Phi) is 7.55. The molecule has 0 heterocycles. The molecule has 3 aromatic carbocycles. The average molecular weight is 458 g/mol. The van der Waals surface area contributed by atoms with Crippen LogP contribution in [0.1, 0.15) is 39.2 Å². The molecule has 0 radical (unpaired) electrons. The van der Waals surface area contributed by atoms with Gasteiger partial charge < -0.3 is 20.1 Å². The van der Waals surface area contributed by atoms with Gasteiger partial charge in [-0.25, -0.2) is 4.39 Å². The number of carbonyl (C=O) groups is 2. The maximum Gasteiger partial charge on any atom is 0.387 e. The van der Waals surface area contributed by atoms with Gasteiger partial charge in [0.05, 0.1) is 13.2 Å². The number of nitrogens with one attached hydrogen (secondary N) is 2. The van der Waals surface area contributed by atoms with Gasteiger partial charge in [0.15, 0.2) is 11.5 Å². The first kappa shape index (κ1) is 23.6. The summed E-state index contributed by atoms with van der Waals surface area (Å²) in [5.41, 5.74) is 1.72. The predicted molar refractivity (Wildman–Crippen MR) is 116 cm³/mol. The van der Waals surface area contributed by atoms with Crippen LogP contribution in [-0.4, -0.2) is 25.5 Å². The van der Waals surface area contributed by atoms with Crippen LogP contribution in [0.2, 0.25) is 0 Å². The summed E-state index contributed by atoms with van der Waals surface area (Å²) < 4.78 is 47.6. The number of alkyl halides is 2. The number of benzene rings is 3. The van der Waals surface area contributed by atoms with E-state index in [4.69, 9.17) is 4.74 Å². The second-order valence-electron chi connectivity index (χ2n) is 7.02. The molecule has 0 saturated heterocycles. The van der Waals surface area contributed by atoms with Gasteiger partial charge in [0.25, 0.3) is 11.8 Å². The van der Waals surface area contributed by atoms with E-state index in [9.17, 15) is 22.8 Å². The van der Waals surface area contributed by atoms with Gasteiger partial charge in [-0.3, -0.25) is 9.59 Å². The molecule has 1 atom stereocenters. The fourth-order valence-electron chi connectivity index (χ4n) is 3.03. The highest BCUT2D eigenvalue weighted by molar-refractivity contribution is 6.04. The number of amides is 2. The first-order valence-electron chi connectivity index (χ1n) is 9.87. The van der Waals surface area contributed by atoms with Gasteiger partial charge in [0, 0.05) is 16.8 Å². The number of halogens is 3. The van der Waals surface area contributed by atoms with Crippen molar-refractivity contribution >= 4 is 17.5 Å². The van der Waals surface area contributed by atoms with Crippen molar-refractivity contribution in [1.82, 2.24) is 5.32 Å². The number of carbonyl (C=O) groups excluding carboxylic acids is 2. The lowest BCUT2D eigenvalue weighted by Crippen LogP contribution is -2.26. The molecule has 0 aliphatic rings. The monoisotopic (exact) mass is 458 g/mol. The fourth-order valence-corrected chi connectivity index (χ4v) is 3.03. The Morgan fingerprint density at radius 3 is 2.09 bits per heavy atom. The van der Waals surface area contributed by atoms with Crippen LogP contribution in [0.25, 0.3) is 0 Å². The van der Waals surface area contributed by atoms with Crippen LogP contribution < -0.4 is 20.1 Å². The molecule has 3 aromatic rings. The molecule has 9 heteroatoms. The molecule has 0 bridgehead atoms. The quantitative estimate of drug-likeness (QED) is 0.488. The zero-order valence-electron chi connectivity index (χ0n) is 17.8. The number of anilines is 1. The van der Waals surface area contributed by atoms with Crippen molar-refractivity contribution in [3.8, 4) is 11.5 Å². The topological polar surface area (TPSA) is 76.7 Å². The van der Waals surface area contributed by atoms with Crippen molar-refractivity contribution in [2.24, 2.45) is 0 Å². The number of ether oxygens (including phenoxy) is 2. The Morgan fingerprint density at radius 1 is 0.848 bits per heavy atom. The zero-order chi connectivity index (χ0) is 24.0. The molecule has 33 heavy (non-hydrogen) atoms. The molecule has 172 valence electrons. The smallest absolute Gasteiger partial charge is 0.387 e. The largest absolute Gasteiger partial charge is 0.493 e. The van der Waals surface area contributed by atoms with E-state index in [2.05, 4.69) is 15.4 Å². The lowest BCUT2D eigenvalue weighted by atomic mass is 10.1. The Bertz CT molecular complexity index is 1120. The van der Waals surface area contributed by atoms with Crippen LogP contribution in [0.5, 0.6) is 11.5 Å². The molecule has 3 rings (SSSR count). The average Bonchev–Trinajstić information content (AvgIpc) is 2.79. The van der Waals surface area contributed by atoms with Gasteiger partial charge in [0.2, 0.25) is 0 Å². The standard InChI is InChI=1S/C24H21F3N2O4/c1-14(28-23(31)17-7-12-20(32-2)21(13-17)33-24(26)27)15-5-10-19(11-6-15)29-22(30)16-3-8-18(25)9-4-16/h3-14,24H,1-2H3,(H,28,31)(H,29,30). The first-order valence-corrected chi connectivity index (χ1v) is 9.87. The Morgan fingerprint density at radius 2 is 1.48 bits per heavy atom. The van der Waals surface area contributed by atoms with Crippen LogP contribution in [0.4, 0.5) is 18.9 Å². The van der Waals surface area contributed by atoms with Gasteiger partial charge in [-0.05, 0) is 67.1 Å². The van der Waals surface area contributed by atoms with Crippen molar-refractivity contribution in [2.45, 2.75) is 19.6 Å². The SMILES string of the molecule is COc1ccc(C(=O)NC(C)c2ccc(NC(=O)c3ccc(F)cc3)cc2)cc1OC(F)F. The lowest BCUT2D eigenvalue weighted by Gasteiger charge is -2.16. The van der Waals surface area contributed by atoms with E-state index < -0.39 is 24.4 Å². The van der Waals surface area contributed by atoms with Crippen LogP contribution >= 0.6 is 0 Å². The van der Waals surface area contributed by atoms with Crippen LogP contribution in [-0.2, 0) is 0 Å². The number of hydrogen-bond donors (Lipinski definition) is 2. The fraction of sp³-hybridized carbons (Fsp3) is 0.167. The molecule has 1 unspecified atom stereocenters. The van der Waals surface area contributed by atoms with Crippen molar-refractivity contribution in [3.63, 3.8) is 0 Å². The number of rotatable bonds is 8. The summed E-state index contributed by atoms with van der Waals surface area (Å²) in [5.74, 6) is -1.46. The Labute approximate surface area is 188 Å². The first-order chi connectivity index (χ1) is 15.8. The van der Waals surface area contributed by atoms with Crippen molar-refractivity contribution in [3.05, 3.63) is 89.2 Å². The maximum absolute atomic E-state index is 13.0. The highest BCUT2D eigenvalue weighted by Gasteiger charge is 2.17. The minimum Gasteiger partial charge on any atom is -0.493 e. The molecule has 0 fully saturated rings. The maximum atomic E-state index is 13.0. The van der Waals surface area contributed by atoms with E-state index in [0.29, 0.717) is 11.3 Å². The van der Waals surface area contributed by atoms with E-state index in [1.165, 1.54) is 49.6 Å². The van der Waals surface area contributed by atoms with Gasteiger partial charge >= 0.3 is 6.61 Å². The summed E-state index contributed by atoms with van der Waals surface area (Å²) >= 11 is 0. The van der Waals surface area contributed by atoms with Gasteiger partial charge in [-0.2, -0.15) is 8.78 Å². The molecule has 6 nitrogen and oxygen atoms in total. The molecular formula is C24H21F3N2O4. The number of methoxy groups -OCH3 is 1. The van der Waals surface area contributed by atoms with E-state index in [1.54, 1.807) is 31.2 Å². The molecule has 0 aromatic heterocycles. The zero-order valence-corrected chi connectivity index (χ0v) is 17.8. The highest BCUT2D eigenvalue weighted by Crippen LogP contribution is 2.29. The normalized spacial score (nSPS) is 11.6. The lowest BCUT2D eigenvalue weighted by molar-refractivity contribution is -0.0512. The second kappa shape index (κ2) is 10.5. The van der Waals surface area contributed by atoms with Crippen molar-refractivity contribution < 1.29 is 32.2 Å². The van der Waals surface area contributed by atoms with E-state index in [0.717, 1.165) is 5.56 Å². The second-order valence-corrected chi connectivity index (χ2v) is 7.02. The molecule has 0 aliphatic carbocycles. The van der Waals surface area contributed by atoms with E-state index in [-0.39, 0.29) is 23.0 Å². The third kappa shape index (κ3) is 6.25. The Balaban J connectivity index is 1.64. The van der Waals surface area contributed by atoms with Gasteiger partial charge in [-0.15, -0.1) is 0 Å². The molecule has 0 spiro atoms.